The Morgan fingerprint density at radius 1 is 1.21 bits per heavy atom. The molecule has 0 saturated carbocycles. The highest BCUT2D eigenvalue weighted by Gasteiger charge is 2.16. The van der Waals surface area contributed by atoms with E-state index in [2.05, 4.69) is 4.99 Å². The summed E-state index contributed by atoms with van der Waals surface area (Å²) < 4.78 is 19.0. The number of fused-ring (bicyclic) bond motifs is 2. The Morgan fingerprint density at radius 3 is 2.79 bits per heavy atom. The van der Waals surface area contributed by atoms with E-state index in [1.165, 1.54) is 11.3 Å². The summed E-state index contributed by atoms with van der Waals surface area (Å²) in [6, 6.07) is 8.53. The summed E-state index contributed by atoms with van der Waals surface area (Å²) in [5.74, 6) is 0.795. The lowest BCUT2D eigenvalue weighted by Crippen LogP contribution is -2.20. The van der Waals surface area contributed by atoms with Gasteiger partial charge in [-0.1, -0.05) is 34.5 Å². The van der Waals surface area contributed by atoms with Crippen LogP contribution < -0.4 is 14.3 Å². The number of methoxy groups -OCH3 is 1. The quantitative estimate of drug-likeness (QED) is 0.613. The molecule has 1 aliphatic heterocycles. The maximum atomic E-state index is 12.8. The average Bonchev–Trinajstić information content (AvgIpc) is 3.02. The molecule has 9 heteroatoms. The molecule has 1 aliphatic rings. The van der Waals surface area contributed by atoms with Crippen molar-refractivity contribution < 1.29 is 19.0 Å². The molecule has 2 aromatic carbocycles. The van der Waals surface area contributed by atoms with Gasteiger partial charge in [0.15, 0.2) is 16.3 Å². The molecule has 28 heavy (non-hydrogen) atoms. The predicted molar refractivity (Wildman–Crippen MR) is 109 cm³/mol. The van der Waals surface area contributed by atoms with Crippen molar-refractivity contribution in [1.82, 2.24) is 4.57 Å². The third kappa shape index (κ3) is 3.75. The van der Waals surface area contributed by atoms with Crippen LogP contribution in [0.5, 0.6) is 11.5 Å². The van der Waals surface area contributed by atoms with Crippen molar-refractivity contribution in [2.75, 3.05) is 26.9 Å². The zero-order chi connectivity index (χ0) is 19.7. The van der Waals surface area contributed by atoms with Gasteiger partial charge < -0.3 is 18.8 Å². The van der Waals surface area contributed by atoms with E-state index in [4.69, 9.17) is 37.4 Å². The molecule has 4 rings (SSSR count). The number of amides is 1. The largest absolute Gasteiger partial charge is 0.486 e. The van der Waals surface area contributed by atoms with Gasteiger partial charge in [0.05, 0.1) is 21.8 Å². The van der Waals surface area contributed by atoms with Crippen molar-refractivity contribution >= 4 is 50.7 Å². The summed E-state index contributed by atoms with van der Waals surface area (Å²) in [6.45, 7) is 1.91. The van der Waals surface area contributed by atoms with Crippen molar-refractivity contribution in [2.45, 2.75) is 6.54 Å². The van der Waals surface area contributed by atoms with Crippen LogP contribution in [0.25, 0.3) is 10.2 Å². The first kappa shape index (κ1) is 19.3. The van der Waals surface area contributed by atoms with E-state index in [-0.39, 0.29) is 5.91 Å². The standard InChI is InChI=1S/C19H16Cl2N2O4S/c1-25-5-4-23-17-13(21)9-12(20)10-16(17)28-19(23)22-18(24)11-2-3-14-15(8-11)27-7-6-26-14/h2-3,8-10H,4-7H2,1H3. The van der Waals surface area contributed by atoms with Gasteiger partial charge >= 0.3 is 0 Å². The molecule has 0 fully saturated rings. The van der Waals surface area contributed by atoms with Gasteiger partial charge in [-0.05, 0) is 30.3 Å². The van der Waals surface area contributed by atoms with E-state index in [0.717, 1.165) is 10.2 Å². The predicted octanol–water partition coefficient (Wildman–Crippen LogP) is 4.17. The van der Waals surface area contributed by atoms with Crippen LogP contribution in [0.15, 0.2) is 35.3 Å². The Bertz CT molecular complexity index is 1120. The Labute approximate surface area is 174 Å². The fourth-order valence-corrected chi connectivity index (χ4v) is 4.77. The maximum Gasteiger partial charge on any atom is 0.279 e. The maximum absolute atomic E-state index is 12.8. The fraction of sp³-hybridized carbons (Fsp3) is 0.263. The van der Waals surface area contributed by atoms with Crippen LogP contribution in [-0.4, -0.2) is 37.4 Å². The number of carbonyl (C=O) groups excluding carboxylic acids is 1. The van der Waals surface area contributed by atoms with Crippen molar-refractivity contribution in [3.63, 3.8) is 0 Å². The van der Waals surface area contributed by atoms with E-state index in [1.54, 1.807) is 31.4 Å². The highest BCUT2D eigenvalue weighted by molar-refractivity contribution is 7.16. The molecule has 146 valence electrons. The number of hydrogen-bond acceptors (Lipinski definition) is 5. The molecule has 1 aromatic heterocycles. The number of nitrogens with zero attached hydrogens (tertiary/aromatic N) is 2. The third-order valence-electron chi connectivity index (χ3n) is 4.20. The van der Waals surface area contributed by atoms with Gasteiger partial charge in [-0.3, -0.25) is 4.79 Å². The molecule has 0 atom stereocenters. The lowest BCUT2D eigenvalue weighted by Gasteiger charge is -2.18. The Morgan fingerprint density at radius 2 is 2.00 bits per heavy atom. The molecule has 3 aromatic rings. The van der Waals surface area contributed by atoms with Gasteiger partial charge in [-0.2, -0.15) is 4.99 Å². The number of ether oxygens (including phenoxy) is 3. The van der Waals surface area contributed by atoms with Gasteiger partial charge in [-0.15, -0.1) is 0 Å². The van der Waals surface area contributed by atoms with Crippen LogP contribution >= 0.6 is 34.5 Å². The highest BCUT2D eigenvalue weighted by Crippen LogP contribution is 2.32. The minimum atomic E-state index is -0.378. The summed E-state index contributed by atoms with van der Waals surface area (Å²) in [7, 11) is 1.62. The Hall–Kier alpha value is -2.06. The molecule has 0 spiro atoms. The first-order valence-corrected chi connectivity index (χ1v) is 10.1. The van der Waals surface area contributed by atoms with E-state index in [0.29, 0.717) is 58.3 Å². The lowest BCUT2D eigenvalue weighted by atomic mass is 10.2. The topological polar surface area (TPSA) is 62.1 Å². The minimum Gasteiger partial charge on any atom is -0.486 e. The van der Waals surface area contributed by atoms with Crippen LogP contribution in [0.3, 0.4) is 0 Å². The second kappa shape index (κ2) is 8.13. The van der Waals surface area contributed by atoms with Gasteiger partial charge in [0.25, 0.3) is 5.91 Å². The van der Waals surface area contributed by atoms with E-state index in [9.17, 15) is 4.79 Å². The minimum absolute atomic E-state index is 0.378. The van der Waals surface area contributed by atoms with Crippen LogP contribution in [-0.2, 0) is 11.3 Å². The van der Waals surface area contributed by atoms with Crippen molar-refractivity contribution in [3.8, 4) is 11.5 Å². The summed E-state index contributed by atoms with van der Waals surface area (Å²) in [5, 5.41) is 1.03. The smallest absolute Gasteiger partial charge is 0.279 e. The van der Waals surface area contributed by atoms with Crippen LogP contribution in [0.1, 0.15) is 10.4 Å². The second-order valence-corrected chi connectivity index (χ2v) is 7.89. The van der Waals surface area contributed by atoms with Crippen molar-refractivity contribution in [1.29, 1.82) is 0 Å². The van der Waals surface area contributed by atoms with Gasteiger partial charge in [0.2, 0.25) is 0 Å². The zero-order valence-electron chi connectivity index (χ0n) is 14.9. The van der Waals surface area contributed by atoms with E-state index in [1.807, 2.05) is 10.6 Å². The molecule has 0 bridgehead atoms. The average molecular weight is 439 g/mol. The van der Waals surface area contributed by atoms with Crippen molar-refractivity contribution in [3.05, 3.63) is 50.7 Å². The molecule has 0 radical (unpaired) electrons. The van der Waals surface area contributed by atoms with Crippen LogP contribution in [0.2, 0.25) is 10.0 Å². The molecule has 1 amide bonds. The molecule has 6 nitrogen and oxygen atoms in total. The van der Waals surface area contributed by atoms with Gasteiger partial charge in [0, 0.05) is 24.2 Å². The molecule has 2 heterocycles. The number of benzene rings is 2. The first-order chi connectivity index (χ1) is 13.6. The lowest BCUT2D eigenvalue weighted by molar-refractivity contribution is 0.0996. The van der Waals surface area contributed by atoms with Crippen molar-refractivity contribution in [2.24, 2.45) is 4.99 Å². The van der Waals surface area contributed by atoms with Crippen LogP contribution in [0.4, 0.5) is 0 Å². The SMILES string of the molecule is COCCn1c(=NC(=O)c2ccc3c(c2)OCCO3)sc2cc(Cl)cc(Cl)c21. The third-order valence-corrected chi connectivity index (χ3v) is 5.73. The summed E-state index contributed by atoms with van der Waals surface area (Å²) in [4.78, 5) is 17.6. The van der Waals surface area contributed by atoms with Gasteiger partial charge in [-0.25, -0.2) is 0 Å². The van der Waals surface area contributed by atoms with Gasteiger partial charge in [0.1, 0.15) is 13.2 Å². The molecule has 0 aliphatic carbocycles. The molecule has 0 N–H and O–H groups in total. The molecule has 0 saturated heterocycles. The number of aromatic nitrogens is 1. The zero-order valence-corrected chi connectivity index (χ0v) is 17.2. The number of hydrogen-bond donors (Lipinski definition) is 0. The number of carbonyl (C=O) groups is 1. The first-order valence-electron chi connectivity index (χ1n) is 8.53. The Balaban J connectivity index is 1.79. The number of thiazole rings is 1. The second-order valence-electron chi connectivity index (χ2n) is 6.04. The molecular formula is C19H16Cl2N2O4S. The monoisotopic (exact) mass is 438 g/mol. The van der Waals surface area contributed by atoms with E-state index < -0.39 is 0 Å². The normalized spacial score (nSPS) is 13.9. The molecule has 0 unspecified atom stereocenters. The summed E-state index contributed by atoms with van der Waals surface area (Å²) in [6.07, 6.45) is 0. The highest BCUT2D eigenvalue weighted by atomic mass is 35.5. The number of rotatable bonds is 4. The Kier molecular flexibility index (Phi) is 5.59. The van der Waals surface area contributed by atoms with E-state index >= 15 is 0 Å². The molecular weight excluding hydrogens is 423 g/mol. The summed E-state index contributed by atoms with van der Waals surface area (Å²) in [5.41, 5.74) is 1.20. The summed E-state index contributed by atoms with van der Waals surface area (Å²) >= 11 is 13.9. The fourth-order valence-electron chi connectivity index (χ4n) is 2.93. The van der Waals surface area contributed by atoms with Crippen LogP contribution in [0, 0.1) is 0 Å². The number of halogens is 2.